The lowest BCUT2D eigenvalue weighted by Gasteiger charge is -2.24. The van der Waals surface area contributed by atoms with E-state index in [1.807, 2.05) is 17.0 Å². The molecule has 6 nitrogen and oxygen atoms in total. The number of hydrogen-bond acceptors (Lipinski definition) is 5. The molecule has 2 aliphatic heterocycles. The summed E-state index contributed by atoms with van der Waals surface area (Å²) in [6.07, 6.45) is 0.0456. The Morgan fingerprint density at radius 2 is 2.00 bits per heavy atom. The zero-order valence-corrected chi connectivity index (χ0v) is 17.2. The standard InChI is InChI=1S/C20H19FN2O4S2/c1-27-16-4-2-3-15(10-16)23-17-11-29(25,26)12-18(17)28-20(23)22-19(24)9-13-5-7-14(21)8-6-13/h2-8,10,17-18H,9,11-12H2,1H3/t17-,18-/m0/s1. The number of sulfone groups is 1. The summed E-state index contributed by atoms with van der Waals surface area (Å²) in [4.78, 5) is 18.6. The lowest BCUT2D eigenvalue weighted by Crippen LogP contribution is -2.37. The minimum atomic E-state index is -3.14. The number of rotatable bonds is 4. The first kappa shape index (κ1) is 19.9. The first-order valence-corrected chi connectivity index (χ1v) is 11.7. The molecule has 0 radical (unpaired) electrons. The number of halogens is 1. The van der Waals surface area contributed by atoms with E-state index in [0.29, 0.717) is 16.5 Å². The fraction of sp³-hybridized carbons (Fsp3) is 0.300. The van der Waals surface area contributed by atoms with Crippen LogP contribution in [0.5, 0.6) is 5.75 Å². The number of carbonyl (C=O) groups is 1. The molecule has 0 aromatic heterocycles. The number of amidine groups is 1. The van der Waals surface area contributed by atoms with E-state index in [-0.39, 0.29) is 40.9 Å². The second-order valence-electron chi connectivity index (χ2n) is 6.96. The van der Waals surface area contributed by atoms with Gasteiger partial charge < -0.3 is 9.64 Å². The molecule has 2 atom stereocenters. The highest BCUT2D eigenvalue weighted by atomic mass is 32.2. The van der Waals surface area contributed by atoms with Crippen LogP contribution in [0, 0.1) is 5.82 Å². The highest BCUT2D eigenvalue weighted by molar-refractivity contribution is 8.16. The van der Waals surface area contributed by atoms with Crippen molar-refractivity contribution in [3.63, 3.8) is 0 Å². The zero-order valence-electron chi connectivity index (χ0n) is 15.6. The number of thioether (sulfide) groups is 1. The highest BCUT2D eigenvalue weighted by Gasteiger charge is 2.49. The number of amides is 1. The van der Waals surface area contributed by atoms with Gasteiger partial charge in [0.15, 0.2) is 15.0 Å². The van der Waals surface area contributed by atoms with E-state index < -0.39 is 9.84 Å². The van der Waals surface area contributed by atoms with Crippen molar-refractivity contribution < 1.29 is 22.3 Å². The van der Waals surface area contributed by atoms with Gasteiger partial charge in [-0.1, -0.05) is 30.0 Å². The number of hydrogen-bond donors (Lipinski definition) is 0. The van der Waals surface area contributed by atoms with Crippen LogP contribution in [0.15, 0.2) is 53.5 Å². The van der Waals surface area contributed by atoms with Crippen molar-refractivity contribution in [2.45, 2.75) is 17.7 Å². The fourth-order valence-electron chi connectivity index (χ4n) is 3.55. The van der Waals surface area contributed by atoms with E-state index in [9.17, 15) is 17.6 Å². The van der Waals surface area contributed by atoms with E-state index in [0.717, 1.165) is 5.69 Å². The molecule has 2 saturated heterocycles. The fourth-order valence-corrected chi connectivity index (χ4v) is 7.48. The Bertz CT molecular complexity index is 1070. The topological polar surface area (TPSA) is 76.0 Å². The Balaban J connectivity index is 1.64. The number of fused-ring (bicyclic) bond motifs is 1. The Morgan fingerprint density at radius 3 is 2.72 bits per heavy atom. The van der Waals surface area contributed by atoms with E-state index in [4.69, 9.17) is 4.74 Å². The van der Waals surface area contributed by atoms with Gasteiger partial charge in [-0.3, -0.25) is 4.79 Å². The average Bonchev–Trinajstić information content (AvgIpc) is 3.14. The Labute approximate surface area is 172 Å². The molecule has 1 amide bonds. The molecule has 0 bridgehead atoms. The van der Waals surface area contributed by atoms with Gasteiger partial charge in [-0.25, -0.2) is 12.8 Å². The Morgan fingerprint density at radius 1 is 1.24 bits per heavy atom. The van der Waals surface area contributed by atoms with E-state index in [1.165, 1.54) is 23.9 Å². The van der Waals surface area contributed by atoms with Gasteiger partial charge in [0.05, 0.1) is 31.1 Å². The third kappa shape index (κ3) is 4.30. The van der Waals surface area contributed by atoms with Gasteiger partial charge in [-0.05, 0) is 29.8 Å². The molecular formula is C20H19FN2O4S2. The van der Waals surface area contributed by atoms with Gasteiger partial charge >= 0.3 is 0 Å². The van der Waals surface area contributed by atoms with Crippen LogP contribution in [0.25, 0.3) is 0 Å². The minimum Gasteiger partial charge on any atom is -0.497 e. The molecular weight excluding hydrogens is 415 g/mol. The van der Waals surface area contributed by atoms with Gasteiger partial charge in [0, 0.05) is 17.0 Å². The van der Waals surface area contributed by atoms with Crippen LogP contribution in [0.2, 0.25) is 0 Å². The number of nitrogens with zero attached hydrogens (tertiary/aromatic N) is 2. The molecule has 152 valence electrons. The average molecular weight is 435 g/mol. The van der Waals surface area contributed by atoms with Crippen molar-refractivity contribution in [3.05, 3.63) is 59.9 Å². The maximum absolute atomic E-state index is 13.1. The van der Waals surface area contributed by atoms with Crippen molar-refractivity contribution in [1.82, 2.24) is 0 Å². The molecule has 29 heavy (non-hydrogen) atoms. The first-order chi connectivity index (χ1) is 13.8. The van der Waals surface area contributed by atoms with Crippen molar-refractivity contribution in [2.24, 2.45) is 4.99 Å². The summed E-state index contributed by atoms with van der Waals surface area (Å²) in [5.74, 6) is -0.0122. The lowest BCUT2D eigenvalue weighted by molar-refractivity contribution is -0.117. The molecule has 2 aliphatic rings. The molecule has 0 unspecified atom stereocenters. The van der Waals surface area contributed by atoms with E-state index >= 15 is 0 Å². The predicted octanol–water partition coefficient (Wildman–Crippen LogP) is 2.68. The maximum Gasteiger partial charge on any atom is 0.252 e. The normalized spacial score (nSPS) is 23.9. The van der Waals surface area contributed by atoms with Crippen molar-refractivity contribution in [1.29, 1.82) is 0 Å². The molecule has 0 spiro atoms. The quantitative estimate of drug-likeness (QED) is 0.737. The van der Waals surface area contributed by atoms with Crippen LogP contribution in [-0.4, -0.2) is 49.4 Å². The second-order valence-corrected chi connectivity index (χ2v) is 10.3. The molecule has 2 aromatic rings. The number of carbonyl (C=O) groups excluding carboxylic acids is 1. The number of aliphatic imine (C=N–C) groups is 1. The van der Waals surface area contributed by atoms with Crippen molar-refractivity contribution >= 4 is 38.4 Å². The number of ether oxygens (including phenoxy) is 1. The minimum absolute atomic E-state index is 0.0209. The molecule has 0 N–H and O–H groups in total. The number of anilines is 1. The van der Waals surface area contributed by atoms with Gasteiger partial charge in [0.25, 0.3) is 5.91 Å². The maximum atomic E-state index is 13.1. The van der Waals surface area contributed by atoms with Crippen LogP contribution in [0.4, 0.5) is 10.1 Å². The summed E-state index contributed by atoms with van der Waals surface area (Å²) in [5.41, 5.74) is 1.40. The monoisotopic (exact) mass is 434 g/mol. The molecule has 2 heterocycles. The predicted molar refractivity (Wildman–Crippen MR) is 112 cm³/mol. The smallest absolute Gasteiger partial charge is 0.252 e. The summed E-state index contributed by atoms with van der Waals surface area (Å²) < 4.78 is 42.6. The number of benzene rings is 2. The van der Waals surface area contributed by atoms with Crippen LogP contribution >= 0.6 is 11.8 Å². The molecule has 2 aromatic carbocycles. The van der Waals surface area contributed by atoms with Gasteiger partial charge in [-0.15, -0.1) is 0 Å². The Kier molecular flexibility index (Phi) is 5.35. The van der Waals surface area contributed by atoms with Gasteiger partial charge in [0.2, 0.25) is 0 Å². The molecule has 9 heteroatoms. The van der Waals surface area contributed by atoms with Gasteiger partial charge in [-0.2, -0.15) is 4.99 Å². The van der Waals surface area contributed by atoms with Gasteiger partial charge in [0.1, 0.15) is 11.6 Å². The van der Waals surface area contributed by atoms with Crippen LogP contribution < -0.4 is 9.64 Å². The lowest BCUT2D eigenvalue weighted by atomic mass is 10.1. The van der Waals surface area contributed by atoms with Crippen molar-refractivity contribution in [2.75, 3.05) is 23.5 Å². The largest absolute Gasteiger partial charge is 0.497 e. The van der Waals surface area contributed by atoms with Crippen molar-refractivity contribution in [3.8, 4) is 5.75 Å². The van der Waals surface area contributed by atoms with E-state index in [2.05, 4.69) is 4.99 Å². The summed E-state index contributed by atoms with van der Waals surface area (Å²) in [5, 5.41) is 0.304. The molecule has 4 rings (SSSR count). The van der Waals surface area contributed by atoms with Crippen LogP contribution in [0.1, 0.15) is 5.56 Å². The second kappa shape index (κ2) is 7.79. The van der Waals surface area contributed by atoms with E-state index in [1.54, 1.807) is 31.4 Å². The third-order valence-electron chi connectivity index (χ3n) is 4.89. The molecule has 0 aliphatic carbocycles. The van der Waals surface area contributed by atoms with Crippen LogP contribution in [-0.2, 0) is 21.1 Å². The summed E-state index contributed by atoms with van der Waals surface area (Å²) in [6, 6.07) is 12.7. The molecule has 2 fully saturated rings. The summed E-state index contributed by atoms with van der Waals surface area (Å²) >= 11 is 1.32. The number of methoxy groups -OCH3 is 1. The molecule has 0 saturated carbocycles. The first-order valence-electron chi connectivity index (χ1n) is 9.01. The summed E-state index contributed by atoms with van der Waals surface area (Å²) in [7, 11) is -1.58. The third-order valence-corrected chi connectivity index (χ3v) is 8.10. The zero-order chi connectivity index (χ0) is 20.6. The Hall–Kier alpha value is -2.39. The van der Waals surface area contributed by atoms with Crippen LogP contribution in [0.3, 0.4) is 0 Å². The highest BCUT2D eigenvalue weighted by Crippen LogP contribution is 2.41. The SMILES string of the molecule is COc1cccc(N2C(=NC(=O)Cc3ccc(F)cc3)S[C@H]3CS(=O)(=O)C[C@@H]32)c1. The summed E-state index contributed by atoms with van der Waals surface area (Å²) in [6.45, 7) is 0.